The van der Waals surface area contributed by atoms with E-state index in [1.54, 1.807) is 5.51 Å². The van der Waals surface area contributed by atoms with Gasteiger partial charge in [-0.2, -0.15) is 0 Å². The van der Waals surface area contributed by atoms with Crippen LogP contribution in [0.3, 0.4) is 0 Å². The number of piperidine rings is 1. The van der Waals surface area contributed by atoms with Crippen LogP contribution in [0.25, 0.3) is 0 Å². The Morgan fingerprint density at radius 2 is 2.29 bits per heavy atom. The van der Waals surface area contributed by atoms with Gasteiger partial charge in [0, 0.05) is 6.42 Å². The van der Waals surface area contributed by atoms with Crippen molar-refractivity contribution in [2.75, 3.05) is 18.4 Å². The molecular weight excluding hydrogens is 260 g/mol. The standard InChI is InChI=1S/C10H16N4OS.ClH/c15-9(13-10-14-12-7-16-10)2-1-8-3-5-11-6-4-8;/h7-8,11H,1-6H2,(H,13,14,15);1H. The first-order valence-corrected chi connectivity index (χ1v) is 6.49. The topological polar surface area (TPSA) is 66.9 Å². The Bertz CT molecular complexity index is 327. The van der Waals surface area contributed by atoms with Crippen LogP contribution in [0, 0.1) is 5.92 Å². The first-order valence-electron chi connectivity index (χ1n) is 5.61. The molecule has 0 saturated carbocycles. The fourth-order valence-electron chi connectivity index (χ4n) is 1.91. The Labute approximate surface area is 111 Å². The van der Waals surface area contributed by atoms with Gasteiger partial charge in [-0.15, -0.1) is 22.6 Å². The van der Waals surface area contributed by atoms with Gasteiger partial charge >= 0.3 is 0 Å². The van der Waals surface area contributed by atoms with Crippen molar-refractivity contribution in [3.8, 4) is 0 Å². The van der Waals surface area contributed by atoms with Crippen LogP contribution in [-0.2, 0) is 4.79 Å². The lowest BCUT2D eigenvalue weighted by molar-refractivity contribution is -0.116. The summed E-state index contributed by atoms with van der Waals surface area (Å²) in [6, 6.07) is 0. The zero-order valence-corrected chi connectivity index (χ0v) is 11.1. The number of carbonyl (C=O) groups excluding carboxylic acids is 1. The van der Waals surface area contributed by atoms with Gasteiger partial charge in [-0.3, -0.25) is 4.79 Å². The van der Waals surface area contributed by atoms with Gasteiger partial charge < -0.3 is 10.6 Å². The number of rotatable bonds is 4. The third-order valence-corrected chi connectivity index (χ3v) is 3.45. The summed E-state index contributed by atoms with van der Waals surface area (Å²) in [6.07, 6.45) is 3.94. The zero-order chi connectivity index (χ0) is 11.2. The molecule has 1 fully saturated rings. The molecule has 5 nitrogen and oxygen atoms in total. The molecule has 1 saturated heterocycles. The molecule has 1 aromatic heterocycles. The molecule has 7 heteroatoms. The highest BCUT2D eigenvalue weighted by molar-refractivity contribution is 7.13. The predicted octanol–water partition coefficient (Wildman–Crippen LogP) is 1.68. The van der Waals surface area contributed by atoms with E-state index in [-0.39, 0.29) is 18.3 Å². The summed E-state index contributed by atoms with van der Waals surface area (Å²) in [7, 11) is 0. The second-order valence-corrected chi connectivity index (χ2v) is 4.86. The van der Waals surface area contributed by atoms with E-state index in [1.165, 1.54) is 24.2 Å². The number of amides is 1. The van der Waals surface area contributed by atoms with Crippen molar-refractivity contribution in [1.29, 1.82) is 0 Å². The second kappa shape index (κ2) is 7.58. The van der Waals surface area contributed by atoms with E-state index < -0.39 is 0 Å². The van der Waals surface area contributed by atoms with Crippen LogP contribution in [0.5, 0.6) is 0 Å². The molecule has 0 aliphatic carbocycles. The molecule has 0 atom stereocenters. The molecular formula is C10H17ClN4OS. The normalized spacial score (nSPS) is 16.2. The lowest BCUT2D eigenvalue weighted by atomic mass is 9.93. The fourth-order valence-corrected chi connectivity index (χ4v) is 2.38. The molecule has 17 heavy (non-hydrogen) atoms. The van der Waals surface area contributed by atoms with E-state index in [2.05, 4.69) is 20.8 Å². The third kappa shape index (κ3) is 4.97. The smallest absolute Gasteiger partial charge is 0.226 e. The van der Waals surface area contributed by atoms with Crippen LogP contribution < -0.4 is 10.6 Å². The van der Waals surface area contributed by atoms with E-state index >= 15 is 0 Å². The Kier molecular flexibility index (Phi) is 6.39. The molecule has 0 bridgehead atoms. The van der Waals surface area contributed by atoms with E-state index in [9.17, 15) is 4.79 Å². The minimum atomic E-state index is 0. The first kappa shape index (κ1) is 14.3. The number of nitrogens with zero attached hydrogens (tertiary/aromatic N) is 2. The largest absolute Gasteiger partial charge is 0.317 e. The number of halogens is 1. The van der Waals surface area contributed by atoms with Gasteiger partial charge in [0.25, 0.3) is 0 Å². The summed E-state index contributed by atoms with van der Waals surface area (Å²) in [5, 5.41) is 14.1. The van der Waals surface area contributed by atoms with Crippen molar-refractivity contribution in [2.24, 2.45) is 5.92 Å². The van der Waals surface area contributed by atoms with Crippen LogP contribution >= 0.6 is 23.7 Å². The molecule has 2 rings (SSSR count). The van der Waals surface area contributed by atoms with Gasteiger partial charge in [-0.05, 0) is 38.3 Å². The summed E-state index contributed by atoms with van der Waals surface area (Å²) in [6.45, 7) is 2.17. The lowest BCUT2D eigenvalue weighted by Crippen LogP contribution is -2.28. The van der Waals surface area contributed by atoms with Gasteiger partial charge in [0.15, 0.2) is 0 Å². The van der Waals surface area contributed by atoms with Crippen LogP contribution in [-0.4, -0.2) is 29.2 Å². The van der Waals surface area contributed by atoms with Crippen LogP contribution in [0.4, 0.5) is 5.13 Å². The highest BCUT2D eigenvalue weighted by Crippen LogP contribution is 2.18. The second-order valence-electron chi connectivity index (χ2n) is 4.02. The molecule has 0 aromatic carbocycles. The number of aromatic nitrogens is 2. The van der Waals surface area contributed by atoms with E-state index in [0.717, 1.165) is 19.5 Å². The van der Waals surface area contributed by atoms with Crippen molar-refractivity contribution >= 4 is 34.8 Å². The van der Waals surface area contributed by atoms with Gasteiger partial charge in [-0.1, -0.05) is 11.3 Å². The van der Waals surface area contributed by atoms with Crippen LogP contribution in [0.2, 0.25) is 0 Å². The van der Waals surface area contributed by atoms with Gasteiger partial charge in [0.1, 0.15) is 5.51 Å². The van der Waals surface area contributed by atoms with Gasteiger partial charge in [0.05, 0.1) is 0 Å². The minimum absolute atomic E-state index is 0. The molecule has 96 valence electrons. The fraction of sp³-hybridized carbons (Fsp3) is 0.700. The SMILES string of the molecule is Cl.O=C(CCC1CCNCC1)Nc1nncs1. The Balaban J connectivity index is 0.00000144. The molecule has 0 unspecified atom stereocenters. The average molecular weight is 277 g/mol. The average Bonchev–Trinajstić information content (AvgIpc) is 2.81. The first-order chi connectivity index (χ1) is 7.84. The highest BCUT2D eigenvalue weighted by atomic mass is 35.5. The maximum Gasteiger partial charge on any atom is 0.226 e. The molecule has 0 radical (unpaired) electrons. The number of anilines is 1. The van der Waals surface area contributed by atoms with Crippen molar-refractivity contribution in [1.82, 2.24) is 15.5 Å². The number of carbonyl (C=O) groups is 1. The quantitative estimate of drug-likeness (QED) is 0.878. The molecule has 2 N–H and O–H groups in total. The van der Waals surface area contributed by atoms with Crippen molar-refractivity contribution in [3.05, 3.63) is 5.51 Å². The predicted molar refractivity (Wildman–Crippen MR) is 70.6 cm³/mol. The van der Waals surface area contributed by atoms with E-state index in [4.69, 9.17) is 0 Å². The number of nitrogens with one attached hydrogen (secondary N) is 2. The van der Waals surface area contributed by atoms with Crippen LogP contribution in [0.1, 0.15) is 25.7 Å². The summed E-state index contributed by atoms with van der Waals surface area (Å²) < 4.78 is 0. The number of hydrogen-bond acceptors (Lipinski definition) is 5. The molecule has 1 aliphatic heterocycles. The summed E-state index contributed by atoms with van der Waals surface area (Å²) in [4.78, 5) is 11.6. The molecule has 0 spiro atoms. The monoisotopic (exact) mass is 276 g/mol. The maximum atomic E-state index is 11.6. The van der Waals surface area contributed by atoms with Gasteiger partial charge in [0.2, 0.25) is 11.0 Å². The Morgan fingerprint density at radius 1 is 1.53 bits per heavy atom. The number of hydrogen-bond donors (Lipinski definition) is 2. The van der Waals surface area contributed by atoms with Gasteiger partial charge in [-0.25, -0.2) is 0 Å². The third-order valence-electron chi connectivity index (χ3n) is 2.84. The molecule has 1 aliphatic rings. The molecule has 1 amide bonds. The van der Waals surface area contributed by atoms with Crippen LogP contribution in [0.15, 0.2) is 5.51 Å². The molecule has 2 heterocycles. The Morgan fingerprint density at radius 3 is 2.94 bits per heavy atom. The zero-order valence-electron chi connectivity index (χ0n) is 9.52. The van der Waals surface area contributed by atoms with Crippen molar-refractivity contribution in [3.63, 3.8) is 0 Å². The lowest BCUT2D eigenvalue weighted by Gasteiger charge is -2.21. The minimum Gasteiger partial charge on any atom is -0.317 e. The van der Waals surface area contributed by atoms with Crippen molar-refractivity contribution < 1.29 is 4.79 Å². The summed E-state index contributed by atoms with van der Waals surface area (Å²) in [5.41, 5.74) is 1.61. The highest BCUT2D eigenvalue weighted by Gasteiger charge is 2.14. The Hall–Kier alpha value is -0.720. The van der Waals surface area contributed by atoms with E-state index in [0.29, 0.717) is 17.5 Å². The van der Waals surface area contributed by atoms with E-state index in [1.807, 2.05) is 0 Å². The summed E-state index contributed by atoms with van der Waals surface area (Å²) in [5.74, 6) is 0.747. The summed E-state index contributed by atoms with van der Waals surface area (Å²) >= 11 is 1.35. The maximum absolute atomic E-state index is 11.6. The molecule has 1 aromatic rings. The van der Waals surface area contributed by atoms with Crippen molar-refractivity contribution in [2.45, 2.75) is 25.7 Å².